The highest BCUT2D eigenvalue weighted by Crippen LogP contribution is 2.36. The molecule has 6 heteroatoms. The van der Waals surface area contributed by atoms with Crippen molar-refractivity contribution >= 4 is 17.5 Å². The molecule has 4 rings (SSSR count). The van der Waals surface area contributed by atoms with Crippen molar-refractivity contribution < 1.29 is 9.53 Å². The first-order chi connectivity index (χ1) is 12.5. The first kappa shape index (κ1) is 17.4. The molecule has 0 radical (unpaired) electrons. The van der Waals surface area contributed by atoms with Gasteiger partial charge in [-0.1, -0.05) is 11.6 Å². The second kappa shape index (κ2) is 6.95. The maximum atomic E-state index is 13.3. The molecule has 1 saturated carbocycles. The summed E-state index contributed by atoms with van der Waals surface area (Å²) in [6, 6.07) is 5.92. The largest absolute Gasteiger partial charge is 0.491 e. The monoisotopic (exact) mass is 373 g/mol. The molecule has 1 atom stereocenters. The van der Waals surface area contributed by atoms with Crippen LogP contribution in [-0.4, -0.2) is 39.2 Å². The zero-order valence-corrected chi connectivity index (χ0v) is 15.9. The van der Waals surface area contributed by atoms with Gasteiger partial charge in [-0.05, 0) is 69.7 Å². The van der Waals surface area contributed by atoms with E-state index in [0.717, 1.165) is 32.1 Å². The Balaban J connectivity index is 1.57. The molecule has 0 aliphatic heterocycles. The molecule has 138 valence electrons. The average Bonchev–Trinajstić information content (AvgIpc) is 3.30. The molecule has 26 heavy (non-hydrogen) atoms. The highest BCUT2D eigenvalue weighted by atomic mass is 35.5. The van der Waals surface area contributed by atoms with Crippen LogP contribution in [0.15, 0.2) is 24.4 Å². The molecular weight excluding hydrogens is 350 g/mol. The quantitative estimate of drug-likeness (QED) is 0.861. The lowest BCUT2D eigenvalue weighted by molar-refractivity contribution is 0.0643. The molecule has 1 fully saturated rings. The lowest BCUT2D eigenvalue weighted by Gasteiger charge is -2.34. The van der Waals surface area contributed by atoms with Crippen LogP contribution in [0.1, 0.15) is 54.7 Å². The van der Waals surface area contributed by atoms with Crippen LogP contribution in [0.4, 0.5) is 0 Å². The molecule has 1 aromatic heterocycles. The number of aromatic nitrogens is 2. The summed E-state index contributed by atoms with van der Waals surface area (Å²) in [4.78, 5) is 15.4. The molecule has 1 N–H and O–H groups in total. The van der Waals surface area contributed by atoms with Gasteiger partial charge in [0.1, 0.15) is 5.75 Å². The van der Waals surface area contributed by atoms with Crippen molar-refractivity contribution in [1.82, 2.24) is 15.1 Å². The maximum absolute atomic E-state index is 13.3. The Hall–Kier alpha value is -2.01. The Morgan fingerprint density at radius 2 is 2.12 bits per heavy atom. The van der Waals surface area contributed by atoms with Crippen LogP contribution in [0.25, 0.3) is 0 Å². The smallest absolute Gasteiger partial charge is 0.255 e. The molecule has 1 amide bonds. The van der Waals surface area contributed by atoms with Gasteiger partial charge in [-0.15, -0.1) is 0 Å². The second-order valence-corrected chi connectivity index (χ2v) is 7.93. The van der Waals surface area contributed by atoms with Crippen LogP contribution in [0.5, 0.6) is 5.75 Å². The molecule has 0 saturated heterocycles. The Bertz CT molecular complexity index is 813. The van der Waals surface area contributed by atoms with E-state index in [0.29, 0.717) is 22.4 Å². The van der Waals surface area contributed by atoms with Gasteiger partial charge in [0.15, 0.2) is 0 Å². The van der Waals surface area contributed by atoms with Gasteiger partial charge in [0, 0.05) is 17.8 Å². The number of carbonyl (C=O) groups is 1. The molecule has 0 bridgehead atoms. The van der Waals surface area contributed by atoms with Crippen LogP contribution in [0.2, 0.25) is 5.02 Å². The number of aryl methyl sites for hydroxylation is 1. The number of aromatic amines is 1. The molecule has 5 nitrogen and oxygen atoms in total. The van der Waals surface area contributed by atoms with Crippen LogP contribution in [0.3, 0.4) is 0 Å². The Labute approximate surface area is 158 Å². The number of fused-ring (bicyclic) bond motifs is 1. The third kappa shape index (κ3) is 3.45. The summed E-state index contributed by atoms with van der Waals surface area (Å²) in [5.41, 5.74) is 3.00. The number of ether oxygens (including phenoxy) is 1. The van der Waals surface area contributed by atoms with E-state index >= 15 is 0 Å². The molecule has 1 heterocycles. The minimum atomic E-state index is 0.0329. The molecule has 1 unspecified atom stereocenters. The van der Waals surface area contributed by atoms with Gasteiger partial charge in [-0.25, -0.2) is 0 Å². The van der Waals surface area contributed by atoms with Crippen LogP contribution < -0.4 is 4.74 Å². The van der Waals surface area contributed by atoms with Crippen LogP contribution in [0, 0.1) is 0 Å². The minimum Gasteiger partial charge on any atom is -0.491 e. The summed E-state index contributed by atoms with van der Waals surface area (Å²) in [7, 11) is 0. The standard InChI is InChI=1S/C20H24ClN3O2/c1-12(2)26-16-6-7-17(18(21)10-16)20(25)24(14-3-4-14)15-5-8-19-13(9-15)11-22-23-19/h6-7,10-12,14-15H,3-5,8-9H2,1-2H3,(H,22,23). The Morgan fingerprint density at radius 1 is 1.31 bits per heavy atom. The fourth-order valence-corrected chi connectivity index (χ4v) is 4.02. The lowest BCUT2D eigenvalue weighted by Crippen LogP contribution is -2.45. The zero-order valence-electron chi connectivity index (χ0n) is 15.2. The summed E-state index contributed by atoms with van der Waals surface area (Å²) in [6.45, 7) is 3.93. The first-order valence-electron chi connectivity index (χ1n) is 9.33. The van der Waals surface area contributed by atoms with Gasteiger partial charge in [0.05, 0.1) is 22.9 Å². The number of rotatable bonds is 5. The summed E-state index contributed by atoms with van der Waals surface area (Å²) >= 11 is 6.44. The first-order valence-corrected chi connectivity index (χ1v) is 9.70. The molecule has 1 aromatic carbocycles. The summed E-state index contributed by atoms with van der Waals surface area (Å²) < 4.78 is 5.68. The second-order valence-electron chi connectivity index (χ2n) is 7.52. The third-order valence-electron chi connectivity index (χ3n) is 5.10. The van der Waals surface area contributed by atoms with Crippen molar-refractivity contribution in [2.75, 3.05) is 0 Å². The van der Waals surface area contributed by atoms with E-state index in [1.165, 1.54) is 11.3 Å². The van der Waals surface area contributed by atoms with Crippen LogP contribution >= 0.6 is 11.6 Å². The van der Waals surface area contributed by atoms with E-state index in [-0.39, 0.29) is 18.1 Å². The normalized spacial score (nSPS) is 19.3. The van der Waals surface area contributed by atoms with Crippen molar-refractivity contribution in [1.29, 1.82) is 0 Å². The Kier molecular flexibility index (Phi) is 4.65. The van der Waals surface area contributed by atoms with Crippen molar-refractivity contribution in [3.63, 3.8) is 0 Å². The van der Waals surface area contributed by atoms with Gasteiger partial charge in [-0.2, -0.15) is 5.10 Å². The highest BCUT2D eigenvalue weighted by molar-refractivity contribution is 6.34. The van der Waals surface area contributed by atoms with Crippen molar-refractivity contribution in [2.45, 2.75) is 64.1 Å². The van der Waals surface area contributed by atoms with Gasteiger partial charge >= 0.3 is 0 Å². The third-order valence-corrected chi connectivity index (χ3v) is 5.41. The highest BCUT2D eigenvalue weighted by Gasteiger charge is 2.39. The van der Waals surface area contributed by atoms with E-state index in [1.54, 1.807) is 12.1 Å². The van der Waals surface area contributed by atoms with E-state index < -0.39 is 0 Å². The number of hydrogen-bond acceptors (Lipinski definition) is 3. The average molecular weight is 374 g/mol. The predicted molar refractivity (Wildman–Crippen MR) is 101 cm³/mol. The van der Waals surface area contributed by atoms with Gasteiger partial charge in [-0.3, -0.25) is 9.89 Å². The van der Waals surface area contributed by atoms with Crippen molar-refractivity contribution in [3.8, 4) is 5.75 Å². The molecule has 2 aliphatic rings. The molecule has 2 aromatic rings. The summed E-state index contributed by atoms with van der Waals surface area (Å²) in [5.74, 6) is 0.728. The number of H-pyrrole nitrogens is 1. The number of benzene rings is 1. The van der Waals surface area contributed by atoms with E-state index in [2.05, 4.69) is 15.1 Å². The van der Waals surface area contributed by atoms with Crippen molar-refractivity contribution in [3.05, 3.63) is 46.2 Å². The fraction of sp³-hybridized carbons (Fsp3) is 0.500. The van der Waals surface area contributed by atoms with E-state index in [4.69, 9.17) is 16.3 Å². The number of hydrogen-bond donors (Lipinski definition) is 1. The number of nitrogens with zero attached hydrogens (tertiary/aromatic N) is 2. The van der Waals surface area contributed by atoms with E-state index in [9.17, 15) is 4.79 Å². The maximum Gasteiger partial charge on any atom is 0.255 e. The lowest BCUT2D eigenvalue weighted by atomic mass is 9.91. The predicted octanol–water partition coefficient (Wildman–Crippen LogP) is 4.01. The van der Waals surface area contributed by atoms with Crippen LogP contribution in [-0.2, 0) is 12.8 Å². The number of carbonyl (C=O) groups excluding carboxylic acids is 1. The minimum absolute atomic E-state index is 0.0329. The molecule has 0 spiro atoms. The van der Waals surface area contributed by atoms with Gasteiger partial charge in [0.2, 0.25) is 0 Å². The Morgan fingerprint density at radius 3 is 2.81 bits per heavy atom. The van der Waals surface area contributed by atoms with Crippen molar-refractivity contribution in [2.24, 2.45) is 0 Å². The summed E-state index contributed by atoms with van der Waals surface area (Å²) in [6.07, 6.45) is 6.87. The van der Waals surface area contributed by atoms with Gasteiger partial charge in [0.25, 0.3) is 5.91 Å². The SMILES string of the molecule is CC(C)Oc1ccc(C(=O)N(C2CC2)C2CCc3[nH]ncc3C2)c(Cl)c1. The number of nitrogens with one attached hydrogen (secondary N) is 1. The molecule has 2 aliphatic carbocycles. The fourth-order valence-electron chi connectivity index (χ4n) is 3.77. The topological polar surface area (TPSA) is 58.2 Å². The van der Waals surface area contributed by atoms with Gasteiger partial charge < -0.3 is 9.64 Å². The molecular formula is C20H24ClN3O2. The zero-order chi connectivity index (χ0) is 18.3. The van der Waals surface area contributed by atoms with E-state index in [1.807, 2.05) is 26.1 Å². The number of halogens is 1. The summed E-state index contributed by atoms with van der Waals surface area (Å²) in [5, 5.41) is 7.67. The number of amides is 1.